The van der Waals surface area contributed by atoms with E-state index < -0.39 is 18.5 Å². The molecular formula is C14H20N2O4S. The highest BCUT2D eigenvalue weighted by molar-refractivity contribution is 7.98. The lowest BCUT2D eigenvalue weighted by Crippen LogP contribution is -2.46. The van der Waals surface area contributed by atoms with Crippen LogP contribution in [0.25, 0.3) is 0 Å². The SMILES string of the molecule is CSCCC(C)NC(=O)N(CC(=O)O)c1ccc(O)cc1. The molecule has 1 unspecified atom stereocenters. The number of carboxylic acid groups (broad SMARTS) is 1. The smallest absolute Gasteiger partial charge is 0.323 e. The summed E-state index contributed by atoms with van der Waals surface area (Å²) >= 11 is 1.69. The van der Waals surface area contributed by atoms with Gasteiger partial charge in [0.1, 0.15) is 12.3 Å². The molecule has 1 aromatic rings. The predicted molar refractivity (Wildman–Crippen MR) is 84.1 cm³/mol. The molecule has 1 aromatic carbocycles. The summed E-state index contributed by atoms with van der Waals surface area (Å²) in [6.45, 7) is 1.44. The van der Waals surface area contributed by atoms with E-state index in [0.29, 0.717) is 5.69 Å². The lowest BCUT2D eigenvalue weighted by Gasteiger charge is -2.24. The fourth-order valence-electron chi connectivity index (χ4n) is 1.70. The number of rotatable bonds is 7. The first-order chi connectivity index (χ1) is 9.93. The van der Waals surface area contributed by atoms with Crippen molar-refractivity contribution in [3.05, 3.63) is 24.3 Å². The van der Waals surface area contributed by atoms with Crippen LogP contribution in [0.1, 0.15) is 13.3 Å². The molecule has 0 heterocycles. The molecule has 0 aliphatic rings. The van der Waals surface area contributed by atoms with Gasteiger partial charge in [-0.15, -0.1) is 0 Å². The molecule has 2 amide bonds. The lowest BCUT2D eigenvalue weighted by molar-refractivity contribution is -0.135. The number of urea groups is 1. The lowest BCUT2D eigenvalue weighted by atomic mass is 10.2. The first-order valence-corrected chi connectivity index (χ1v) is 7.91. The third kappa shape index (κ3) is 5.95. The van der Waals surface area contributed by atoms with Crippen LogP contribution in [0.15, 0.2) is 24.3 Å². The number of benzene rings is 1. The van der Waals surface area contributed by atoms with Gasteiger partial charge in [-0.2, -0.15) is 11.8 Å². The van der Waals surface area contributed by atoms with Gasteiger partial charge in [0.2, 0.25) is 0 Å². The Balaban J connectivity index is 2.79. The summed E-state index contributed by atoms with van der Waals surface area (Å²) in [5.74, 6) is -0.127. The van der Waals surface area contributed by atoms with Crippen molar-refractivity contribution in [2.75, 3.05) is 23.5 Å². The molecule has 116 valence electrons. The minimum Gasteiger partial charge on any atom is -0.508 e. The van der Waals surface area contributed by atoms with E-state index in [1.54, 1.807) is 11.8 Å². The van der Waals surface area contributed by atoms with Crippen molar-refractivity contribution < 1.29 is 19.8 Å². The normalized spacial score (nSPS) is 11.7. The van der Waals surface area contributed by atoms with Gasteiger partial charge in [-0.05, 0) is 49.6 Å². The van der Waals surface area contributed by atoms with Crippen molar-refractivity contribution in [2.24, 2.45) is 0 Å². The van der Waals surface area contributed by atoms with Gasteiger partial charge in [0.15, 0.2) is 0 Å². The molecule has 21 heavy (non-hydrogen) atoms. The average Bonchev–Trinajstić information content (AvgIpc) is 2.43. The Hall–Kier alpha value is -1.89. The summed E-state index contributed by atoms with van der Waals surface area (Å²) in [5.41, 5.74) is 0.421. The second-order valence-electron chi connectivity index (χ2n) is 4.63. The number of nitrogens with one attached hydrogen (secondary N) is 1. The Bertz CT molecular complexity index is 478. The zero-order valence-electron chi connectivity index (χ0n) is 12.1. The van der Waals surface area contributed by atoms with Gasteiger partial charge in [-0.25, -0.2) is 4.79 Å². The minimum atomic E-state index is -1.10. The quantitative estimate of drug-likeness (QED) is 0.717. The van der Waals surface area contributed by atoms with Crippen LogP contribution in [0.4, 0.5) is 10.5 Å². The number of hydrogen-bond acceptors (Lipinski definition) is 4. The molecule has 6 nitrogen and oxygen atoms in total. The molecule has 0 aliphatic carbocycles. The molecule has 0 spiro atoms. The van der Waals surface area contributed by atoms with Crippen molar-refractivity contribution in [3.63, 3.8) is 0 Å². The van der Waals surface area contributed by atoms with Crippen LogP contribution in [0, 0.1) is 0 Å². The van der Waals surface area contributed by atoms with Crippen LogP contribution in [-0.4, -0.2) is 46.8 Å². The maximum Gasteiger partial charge on any atom is 0.323 e. The minimum absolute atomic E-state index is 0.0432. The number of thioether (sulfide) groups is 1. The largest absolute Gasteiger partial charge is 0.508 e. The molecule has 0 radical (unpaired) electrons. The van der Waals surface area contributed by atoms with Crippen molar-refractivity contribution >= 4 is 29.4 Å². The Morgan fingerprint density at radius 1 is 1.33 bits per heavy atom. The van der Waals surface area contributed by atoms with Gasteiger partial charge in [-0.1, -0.05) is 0 Å². The number of phenols is 1. The fourth-order valence-corrected chi connectivity index (χ4v) is 2.29. The van der Waals surface area contributed by atoms with E-state index in [1.165, 1.54) is 24.3 Å². The van der Waals surface area contributed by atoms with E-state index in [4.69, 9.17) is 5.11 Å². The van der Waals surface area contributed by atoms with Crippen molar-refractivity contribution in [1.82, 2.24) is 5.32 Å². The highest BCUT2D eigenvalue weighted by atomic mass is 32.2. The predicted octanol–water partition coefficient (Wildman–Crippen LogP) is 2.13. The van der Waals surface area contributed by atoms with Crippen molar-refractivity contribution in [2.45, 2.75) is 19.4 Å². The van der Waals surface area contributed by atoms with E-state index in [1.807, 2.05) is 13.2 Å². The standard InChI is InChI=1S/C14H20N2O4S/c1-10(7-8-21-2)15-14(20)16(9-13(18)19)11-3-5-12(17)6-4-11/h3-6,10,17H,7-9H2,1-2H3,(H,15,20)(H,18,19). The first kappa shape index (κ1) is 17.2. The molecule has 1 rings (SSSR count). The molecule has 0 saturated heterocycles. The number of amides is 2. The second kappa shape index (κ2) is 8.41. The number of aliphatic carboxylic acids is 1. The van der Waals surface area contributed by atoms with Crippen LogP contribution >= 0.6 is 11.8 Å². The zero-order chi connectivity index (χ0) is 15.8. The van der Waals surface area contributed by atoms with Crippen molar-refractivity contribution in [3.8, 4) is 5.75 Å². The monoisotopic (exact) mass is 312 g/mol. The molecular weight excluding hydrogens is 292 g/mol. The number of carbonyl (C=O) groups excluding carboxylic acids is 1. The van der Waals surface area contributed by atoms with Gasteiger partial charge in [0.05, 0.1) is 0 Å². The van der Waals surface area contributed by atoms with Gasteiger partial charge in [0.25, 0.3) is 0 Å². The summed E-state index contributed by atoms with van der Waals surface area (Å²) in [6.07, 6.45) is 2.80. The number of carboxylic acids is 1. The molecule has 3 N–H and O–H groups in total. The molecule has 0 saturated carbocycles. The van der Waals surface area contributed by atoms with E-state index in [0.717, 1.165) is 17.1 Å². The van der Waals surface area contributed by atoms with E-state index in [2.05, 4.69) is 5.32 Å². The zero-order valence-corrected chi connectivity index (χ0v) is 12.9. The van der Waals surface area contributed by atoms with E-state index in [9.17, 15) is 14.7 Å². The van der Waals surface area contributed by atoms with Crippen LogP contribution < -0.4 is 10.2 Å². The number of hydrogen-bond donors (Lipinski definition) is 3. The fraction of sp³-hybridized carbons (Fsp3) is 0.429. The van der Waals surface area contributed by atoms with Gasteiger partial charge >= 0.3 is 12.0 Å². The number of aromatic hydroxyl groups is 1. The summed E-state index contributed by atoms with van der Waals surface area (Å²) in [7, 11) is 0. The molecule has 0 aromatic heterocycles. The second-order valence-corrected chi connectivity index (χ2v) is 5.61. The Morgan fingerprint density at radius 3 is 2.48 bits per heavy atom. The Morgan fingerprint density at radius 2 is 1.95 bits per heavy atom. The topological polar surface area (TPSA) is 89.9 Å². The number of carbonyl (C=O) groups is 2. The Labute approximate surface area is 128 Å². The van der Waals surface area contributed by atoms with Crippen LogP contribution in [0.2, 0.25) is 0 Å². The van der Waals surface area contributed by atoms with Gasteiger partial charge in [0, 0.05) is 11.7 Å². The van der Waals surface area contributed by atoms with Gasteiger partial charge < -0.3 is 15.5 Å². The van der Waals surface area contributed by atoms with E-state index >= 15 is 0 Å². The summed E-state index contributed by atoms with van der Waals surface area (Å²) in [6, 6.07) is 5.33. The number of phenolic OH excluding ortho intramolecular Hbond substituents is 1. The molecule has 0 bridgehead atoms. The number of anilines is 1. The average molecular weight is 312 g/mol. The highest BCUT2D eigenvalue weighted by Crippen LogP contribution is 2.18. The van der Waals surface area contributed by atoms with Crippen LogP contribution in [-0.2, 0) is 4.79 Å². The third-order valence-electron chi connectivity index (χ3n) is 2.82. The molecule has 7 heteroatoms. The maximum absolute atomic E-state index is 12.2. The van der Waals surface area contributed by atoms with Gasteiger partial charge in [-0.3, -0.25) is 9.69 Å². The van der Waals surface area contributed by atoms with E-state index in [-0.39, 0.29) is 11.8 Å². The van der Waals surface area contributed by atoms with Crippen LogP contribution in [0.3, 0.4) is 0 Å². The first-order valence-electron chi connectivity index (χ1n) is 6.52. The molecule has 0 fully saturated rings. The van der Waals surface area contributed by atoms with Crippen LogP contribution in [0.5, 0.6) is 5.75 Å². The summed E-state index contributed by atoms with van der Waals surface area (Å²) < 4.78 is 0. The number of nitrogens with zero attached hydrogens (tertiary/aromatic N) is 1. The summed E-state index contributed by atoms with van der Waals surface area (Å²) in [5, 5.41) is 21.0. The molecule has 0 aliphatic heterocycles. The summed E-state index contributed by atoms with van der Waals surface area (Å²) in [4.78, 5) is 24.3. The Kier molecular flexibility index (Phi) is 6.87. The third-order valence-corrected chi connectivity index (χ3v) is 3.47. The maximum atomic E-state index is 12.2. The molecule has 1 atom stereocenters. The van der Waals surface area contributed by atoms with Crippen molar-refractivity contribution in [1.29, 1.82) is 0 Å². The highest BCUT2D eigenvalue weighted by Gasteiger charge is 2.20.